The van der Waals surface area contributed by atoms with Gasteiger partial charge in [0.1, 0.15) is 0 Å². The lowest BCUT2D eigenvalue weighted by Gasteiger charge is -2.12. The topological polar surface area (TPSA) is 55.4 Å². The molecule has 0 saturated carbocycles. The molecule has 0 aliphatic carbocycles. The van der Waals surface area contributed by atoms with Gasteiger partial charge in [0.2, 0.25) is 0 Å². The van der Waals surface area contributed by atoms with E-state index in [4.69, 9.17) is 39.5 Å². The van der Waals surface area contributed by atoms with Crippen LogP contribution in [0.1, 0.15) is 15.9 Å². The molecule has 0 bridgehead atoms. The fourth-order valence-corrected chi connectivity index (χ4v) is 2.59. The number of carbonyl (C=O) groups is 2. The molecule has 0 unspecified atom stereocenters. The van der Waals surface area contributed by atoms with Gasteiger partial charge in [0.25, 0.3) is 5.91 Å². The number of carbonyl (C=O) groups excluding carboxylic acids is 2. The fraction of sp³-hybridized carbons (Fsp3) is 0.125. The molecular formula is C16H9Cl3F3NO3. The monoisotopic (exact) mass is 425 g/mol. The second-order valence-corrected chi connectivity index (χ2v) is 6.19. The van der Waals surface area contributed by atoms with Gasteiger partial charge in [-0.05, 0) is 36.4 Å². The van der Waals surface area contributed by atoms with Crippen LogP contribution < -0.4 is 5.32 Å². The molecule has 0 saturated heterocycles. The summed E-state index contributed by atoms with van der Waals surface area (Å²) in [5.41, 5.74) is -1.25. The van der Waals surface area contributed by atoms with Gasteiger partial charge in [0.05, 0.1) is 21.2 Å². The number of amides is 1. The quantitative estimate of drug-likeness (QED) is 0.661. The Balaban J connectivity index is 2.00. The SMILES string of the molecule is O=C(COC(=O)c1ccc(Cl)cc1Cl)Nc1ccc(Cl)c(C(F)(F)F)c1. The summed E-state index contributed by atoms with van der Waals surface area (Å²) in [5.74, 6) is -1.72. The number of hydrogen-bond acceptors (Lipinski definition) is 3. The van der Waals surface area contributed by atoms with Crippen molar-refractivity contribution in [1.82, 2.24) is 0 Å². The maximum absolute atomic E-state index is 12.8. The van der Waals surface area contributed by atoms with E-state index < -0.39 is 35.2 Å². The van der Waals surface area contributed by atoms with Crippen molar-refractivity contribution < 1.29 is 27.5 Å². The van der Waals surface area contributed by atoms with Crippen molar-refractivity contribution in [2.45, 2.75) is 6.18 Å². The minimum atomic E-state index is -4.67. The Morgan fingerprint density at radius 1 is 1.00 bits per heavy atom. The van der Waals surface area contributed by atoms with Crippen molar-refractivity contribution in [3.8, 4) is 0 Å². The first-order chi connectivity index (χ1) is 12.1. The van der Waals surface area contributed by atoms with Gasteiger partial charge in [-0.2, -0.15) is 13.2 Å². The molecule has 0 spiro atoms. The van der Waals surface area contributed by atoms with E-state index in [1.165, 1.54) is 24.3 Å². The number of rotatable bonds is 4. The lowest BCUT2D eigenvalue weighted by atomic mass is 10.2. The molecule has 4 nitrogen and oxygen atoms in total. The van der Waals surface area contributed by atoms with Crippen molar-refractivity contribution in [3.63, 3.8) is 0 Å². The average Bonchev–Trinajstić information content (AvgIpc) is 2.53. The third-order valence-electron chi connectivity index (χ3n) is 3.04. The van der Waals surface area contributed by atoms with Crippen LogP contribution >= 0.6 is 34.8 Å². The molecular weight excluding hydrogens is 418 g/mol. The van der Waals surface area contributed by atoms with Crippen molar-refractivity contribution in [2.24, 2.45) is 0 Å². The Labute approximate surface area is 160 Å². The predicted molar refractivity (Wildman–Crippen MR) is 91.8 cm³/mol. The first-order valence-corrected chi connectivity index (χ1v) is 8.00. The van der Waals surface area contributed by atoms with Crippen molar-refractivity contribution in [1.29, 1.82) is 0 Å². The summed E-state index contributed by atoms with van der Waals surface area (Å²) in [6, 6.07) is 6.92. The van der Waals surface area contributed by atoms with E-state index in [9.17, 15) is 22.8 Å². The molecule has 0 heterocycles. The smallest absolute Gasteiger partial charge is 0.417 e. The van der Waals surface area contributed by atoms with E-state index in [0.717, 1.165) is 6.07 Å². The molecule has 2 aromatic carbocycles. The van der Waals surface area contributed by atoms with E-state index in [1.807, 2.05) is 0 Å². The minimum absolute atomic E-state index is 0.00489. The zero-order chi connectivity index (χ0) is 19.5. The van der Waals surface area contributed by atoms with Gasteiger partial charge in [-0.1, -0.05) is 34.8 Å². The first-order valence-electron chi connectivity index (χ1n) is 6.86. The molecule has 10 heteroatoms. The van der Waals surface area contributed by atoms with Gasteiger partial charge in [0, 0.05) is 10.7 Å². The molecule has 1 N–H and O–H groups in total. The zero-order valence-electron chi connectivity index (χ0n) is 12.7. The van der Waals surface area contributed by atoms with Crippen LogP contribution in [0.3, 0.4) is 0 Å². The second kappa shape index (κ2) is 8.16. The Bertz CT molecular complexity index is 856. The lowest BCUT2D eigenvalue weighted by molar-refractivity contribution is -0.137. The van der Waals surface area contributed by atoms with Gasteiger partial charge < -0.3 is 10.1 Å². The van der Waals surface area contributed by atoms with Crippen LogP contribution in [0.4, 0.5) is 18.9 Å². The number of benzene rings is 2. The maximum atomic E-state index is 12.8. The molecule has 0 aliphatic heterocycles. The number of anilines is 1. The maximum Gasteiger partial charge on any atom is 0.417 e. The fourth-order valence-electron chi connectivity index (χ4n) is 1.88. The average molecular weight is 427 g/mol. The lowest BCUT2D eigenvalue weighted by Crippen LogP contribution is -2.21. The molecule has 1 amide bonds. The normalized spacial score (nSPS) is 11.2. The summed E-state index contributed by atoms with van der Waals surface area (Å²) in [6.07, 6.45) is -4.67. The third kappa shape index (κ3) is 5.27. The van der Waals surface area contributed by atoms with E-state index in [0.29, 0.717) is 11.1 Å². The van der Waals surface area contributed by atoms with E-state index in [2.05, 4.69) is 5.32 Å². The Morgan fingerprint density at radius 2 is 1.69 bits per heavy atom. The second-order valence-electron chi connectivity index (χ2n) is 4.94. The molecule has 0 atom stereocenters. The van der Waals surface area contributed by atoms with Crippen LogP contribution in [0.25, 0.3) is 0 Å². The molecule has 26 heavy (non-hydrogen) atoms. The van der Waals surface area contributed by atoms with Crippen molar-refractivity contribution in [2.75, 3.05) is 11.9 Å². The summed E-state index contributed by atoms with van der Waals surface area (Å²) in [4.78, 5) is 23.6. The number of esters is 1. The zero-order valence-corrected chi connectivity index (χ0v) is 14.9. The van der Waals surface area contributed by atoms with Crippen LogP contribution in [-0.4, -0.2) is 18.5 Å². The summed E-state index contributed by atoms with van der Waals surface area (Å²) in [6.45, 7) is -0.720. The number of halogens is 6. The van der Waals surface area contributed by atoms with Crippen LogP contribution in [0, 0.1) is 0 Å². The van der Waals surface area contributed by atoms with Crippen molar-refractivity contribution >= 4 is 52.4 Å². The van der Waals surface area contributed by atoms with Gasteiger partial charge in [-0.15, -0.1) is 0 Å². The highest BCUT2D eigenvalue weighted by molar-refractivity contribution is 6.36. The van der Waals surface area contributed by atoms with Gasteiger partial charge in [-0.25, -0.2) is 4.79 Å². The van der Waals surface area contributed by atoms with E-state index in [1.54, 1.807) is 0 Å². The van der Waals surface area contributed by atoms with Crippen LogP contribution in [0.5, 0.6) is 0 Å². The number of nitrogens with one attached hydrogen (secondary N) is 1. The Kier molecular flexibility index (Phi) is 6.39. The number of ether oxygens (including phenoxy) is 1. The molecule has 2 aromatic rings. The standard InChI is InChI=1S/C16H9Cl3F3NO3/c17-8-1-3-10(13(19)5-8)15(25)26-7-14(24)23-9-2-4-12(18)11(6-9)16(20,21)22/h1-6H,7H2,(H,23,24). The number of alkyl halides is 3. The van der Waals surface area contributed by atoms with E-state index >= 15 is 0 Å². The molecule has 0 fully saturated rings. The Morgan fingerprint density at radius 3 is 2.31 bits per heavy atom. The Hall–Kier alpha value is -1.96. The molecule has 2 rings (SSSR count). The minimum Gasteiger partial charge on any atom is -0.452 e. The van der Waals surface area contributed by atoms with Gasteiger partial charge in [0.15, 0.2) is 6.61 Å². The van der Waals surface area contributed by atoms with Crippen LogP contribution in [-0.2, 0) is 15.7 Å². The molecule has 0 radical (unpaired) electrons. The van der Waals surface area contributed by atoms with E-state index in [-0.39, 0.29) is 16.3 Å². The molecule has 138 valence electrons. The highest BCUT2D eigenvalue weighted by Crippen LogP contribution is 2.36. The van der Waals surface area contributed by atoms with Gasteiger partial charge in [-0.3, -0.25) is 4.79 Å². The van der Waals surface area contributed by atoms with Crippen molar-refractivity contribution in [3.05, 3.63) is 62.6 Å². The largest absolute Gasteiger partial charge is 0.452 e. The predicted octanol–water partition coefficient (Wildman–Crippen LogP) is 5.46. The highest BCUT2D eigenvalue weighted by atomic mass is 35.5. The molecule has 0 aliphatic rings. The highest BCUT2D eigenvalue weighted by Gasteiger charge is 2.33. The summed E-state index contributed by atoms with van der Waals surface area (Å²) >= 11 is 17.0. The van der Waals surface area contributed by atoms with Crippen LogP contribution in [0.2, 0.25) is 15.1 Å². The van der Waals surface area contributed by atoms with Gasteiger partial charge >= 0.3 is 12.1 Å². The third-order valence-corrected chi connectivity index (χ3v) is 3.92. The first kappa shape index (κ1) is 20.4. The summed E-state index contributed by atoms with van der Waals surface area (Å²) < 4.78 is 43.1. The summed E-state index contributed by atoms with van der Waals surface area (Å²) in [7, 11) is 0. The number of hydrogen-bond donors (Lipinski definition) is 1. The summed E-state index contributed by atoms with van der Waals surface area (Å²) in [5, 5.41) is 2.03. The molecule has 0 aromatic heterocycles. The van der Waals surface area contributed by atoms with Crippen LogP contribution in [0.15, 0.2) is 36.4 Å².